The summed E-state index contributed by atoms with van der Waals surface area (Å²) in [6, 6.07) is 16.9. The number of hydrogen-bond donors (Lipinski definition) is 3. The van der Waals surface area contributed by atoms with Gasteiger partial charge in [-0.2, -0.15) is 12.7 Å². The van der Waals surface area contributed by atoms with Crippen molar-refractivity contribution in [2.24, 2.45) is 0 Å². The summed E-state index contributed by atoms with van der Waals surface area (Å²) in [5.41, 5.74) is 4.71. The highest BCUT2D eigenvalue weighted by Gasteiger charge is 2.38. The minimum atomic E-state index is -4.35. The fourth-order valence-corrected chi connectivity index (χ4v) is 9.95. The van der Waals surface area contributed by atoms with Gasteiger partial charge in [-0.05, 0) is 78.8 Å². The van der Waals surface area contributed by atoms with Crippen molar-refractivity contribution >= 4 is 50.2 Å². The molecular weight excluding hydrogens is 810 g/mol. The number of pyridine rings is 1. The number of nitrogens with zero attached hydrogens (tertiary/aromatic N) is 5. The van der Waals surface area contributed by atoms with Crippen molar-refractivity contribution in [3.63, 3.8) is 0 Å². The molecule has 61 heavy (non-hydrogen) atoms. The van der Waals surface area contributed by atoms with Crippen molar-refractivity contribution in [2.45, 2.75) is 44.4 Å². The average Bonchev–Trinajstić information content (AvgIpc) is 3.98. The number of fused-ring (bicyclic) bond motifs is 2. The lowest BCUT2D eigenvalue weighted by Crippen LogP contribution is -2.49. The molecule has 0 bridgehead atoms. The van der Waals surface area contributed by atoms with Crippen LogP contribution in [0.5, 0.6) is 0 Å². The minimum Gasteiger partial charge on any atom is -0.369 e. The van der Waals surface area contributed by atoms with Crippen LogP contribution in [0.3, 0.4) is 0 Å². The van der Waals surface area contributed by atoms with Gasteiger partial charge in [0.05, 0.1) is 11.3 Å². The van der Waals surface area contributed by atoms with Crippen LogP contribution in [0.25, 0.3) is 22.2 Å². The molecule has 2 atom stereocenters. The van der Waals surface area contributed by atoms with Crippen molar-refractivity contribution in [3.05, 3.63) is 125 Å². The third-order valence-corrected chi connectivity index (χ3v) is 13.6. The first-order valence-electron chi connectivity index (χ1n) is 20.2. The Labute approximate surface area is 350 Å². The number of anilines is 2. The number of aromatic amines is 1. The number of ketones is 1. The van der Waals surface area contributed by atoms with Crippen LogP contribution in [-0.4, -0.2) is 108 Å². The Bertz CT molecular complexity index is 2700. The maximum Gasteiger partial charge on any atom is 0.301 e. The number of halogens is 3. The van der Waals surface area contributed by atoms with E-state index >= 15 is 8.78 Å². The quantitative estimate of drug-likeness (QED) is 0.147. The van der Waals surface area contributed by atoms with Crippen molar-refractivity contribution in [1.82, 2.24) is 29.4 Å². The van der Waals surface area contributed by atoms with Gasteiger partial charge in [0.15, 0.2) is 5.82 Å². The summed E-state index contributed by atoms with van der Waals surface area (Å²) in [6.45, 7) is 8.08. The summed E-state index contributed by atoms with van der Waals surface area (Å²) < 4.78 is 73.0. The van der Waals surface area contributed by atoms with E-state index in [1.54, 1.807) is 17.2 Å². The second-order valence-corrected chi connectivity index (χ2v) is 17.7. The molecule has 5 aromatic rings. The highest BCUT2D eigenvalue weighted by Crippen LogP contribution is 2.32. The van der Waals surface area contributed by atoms with Crippen LogP contribution in [0.4, 0.5) is 24.5 Å². The summed E-state index contributed by atoms with van der Waals surface area (Å²) in [5.74, 6) is -3.83. The third-order valence-electron chi connectivity index (χ3n) is 12.1. The summed E-state index contributed by atoms with van der Waals surface area (Å²) in [7, 11) is -4.35. The molecule has 0 saturated carbocycles. The molecule has 4 aliphatic heterocycles. The van der Waals surface area contributed by atoms with Crippen LogP contribution in [0.15, 0.2) is 85.3 Å². The number of benzene rings is 3. The van der Waals surface area contributed by atoms with Gasteiger partial charge in [0, 0.05) is 98.2 Å². The lowest BCUT2D eigenvalue weighted by atomic mass is 9.99. The smallest absolute Gasteiger partial charge is 0.301 e. The number of hydrogen-bond acceptors (Lipinski definition) is 8. The van der Waals surface area contributed by atoms with Crippen molar-refractivity contribution in [2.75, 3.05) is 55.4 Å². The van der Waals surface area contributed by atoms with Crippen LogP contribution in [0.2, 0.25) is 0 Å². The van der Waals surface area contributed by atoms with E-state index in [9.17, 15) is 27.2 Å². The number of rotatable bonds is 11. The predicted octanol–water partition coefficient (Wildman–Crippen LogP) is 5.55. The fraction of sp³-hybridized carbons (Fsp3) is 0.318. The van der Waals surface area contributed by atoms with Gasteiger partial charge in [-0.3, -0.25) is 24.0 Å². The molecule has 0 radical (unpaired) electrons. The largest absolute Gasteiger partial charge is 0.369 e. The Hall–Kier alpha value is -6.04. The summed E-state index contributed by atoms with van der Waals surface area (Å²) >= 11 is 0. The molecule has 1 unspecified atom stereocenters. The molecule has 0 aliphatic carbocycles. The zero-order chi connectivity index (χ0) is 42.6. The van der Waals surface area contributed by atoms with Crippen LogP contribution in [0.1, 0.15) is 56.7 Å². The molecule has 13 nitrogen and oxygen atoms in total. The molecular formula is C44H43F3N8O5S. The Balaban J connectivity index is 0.820. The first-order chi connectivity index (χ1) is 29.3. The second-order valence-electron chi connectivity index (χ2n) is 16.0. The predicted molar refractivity (Wildman–Crippen MR) is 224 cm³/mol. The highest BCUT2D eigenvalue weighted by molar-refractivity contribution is 7.90. The maximum absolute atomic E-state index is 15.7. The lowest BCUT2D eigenvalue weighted by molar-refractivity contribution is -0.126. The molecule has 4 aliphatic rings. The van der Waals surface area contributed by atoms with Crippen molar-refractivity contribution < 1.29 is 36.0 Å². The molecule has 2 amide bonds. The van der Waals surface area contributed by atoms with Crippen LogP contribution in [-0.2, 0) is 28.0 Å². The Morgan fingerprint density at radius 1 is 0.951 bits per heavy atom. The number of aromatic nitrogens is 2. The summed E-state index contributed by atoms with van der Waals surface area (Å²) in [4.78, 5) is 53.2. The van der Waals surface area contributed by atoms with E-state index in [1.165, 1.54) is 6.20 Å². The van der Waals surface area contributed by atoms with Gasteiger partial charge in [0.2, 0.25) is 11.7 Å². The molecule has 2 aromatic heterocycles. The number of piperidine rings is 1. The van der Waals surface area contributed by atoms with Gasteiger partial charge >= 0.3 is 10.2 Å². The molecule has 9 rings (SSSR count). The second kappa shape index (κ2) is 16.1. The zero-order valence-electron chi connectivity index (χ0n) is 33.1. The Kier molecular flexibility index (Phi) is 10.7. The molecule has 3 N–H and O–H groups in total. The monoisotopic (exact) mass is 852 g/mol. The standard InChI is InChI=1S/C44H43F3N8O5S/c1-26-2-11-38(43(57)50-26)55-24-30-20-27(3-8-33(30)44(55)58)12-14-52-16-18-53(19-17-52)32-6-4-28(5-7-32)29-21-34-35(23-49-42(34)48-22-29)41(56)39-36(46)9-10-37(40(39)47)51-61(59,60)54-15-13-31(45)25-54/h3-10,20-23,31,38,51H,1-2,11-19,24-25H2,(H,48,49)(H,50,57)/t31-,38?/m1/s1. The summed E-state index contributed by atoms with van der Waals surface area (Å²) in [5, 5.41) is 3.11. The van der Waals surface area contributed by atoms with E-state index in [4.69, 9.17) is 0 Å². The molecule has 0 spiro atoms. The maximum atomic E-state index is 15.7. The number of piperazine rings is 1. The minimum absolute atomic E-state index is 0.00361. The molecule has 316 valence electrons. The number of nitrogens with one attached hydrogen (secondary N) is 3. The highest BCUT2D eigenvalue weighted by atomic mass is 32.2. The lowest BCUT2D eigenvalue weighted by Gasteiger charge is -2.36. The van der Waals surface area contributed by atoms with E-state index in [2.05, 4.69) is 37.7 Å². The number of carbonyl (C=O) groups is 3. The van der Waals surface area contributed by atoms with Gasteiger partial charge in [0.1, 0.15) is 23.7 Å². The van der Waals surface area contributed by atoms with Crippen molar-refractivity contribution in [3.8, 4) is 11.1 Å². The first kappa shape index (κ1) is 40.4. The number of H-pyrrole nitrogens is 1. The summed E-state index contributed by atoms with van der Waals surface area (Å²) in [6.07, 6.45) is 3.68. The van der Waals surface area contributed by atoms with E-state index in [-0.39, 0.29) is 36.9 Å². The number of carbonyl (C=O) groups excluding carboxylic acids is 3. The normalized spacial score (nSPS) is 20.1. The molecule has 3 aromatic carbocycles. The van der Waals surface area contributed by atoms with Gasteiger partial charge in [-0.25, -0.2) is 18.2 Å². The van der Waals surface area contributed by atoms with Crippen LogP contribution >= 0.6 is 0 Å². The van der Waals surface area contributed by atoms with Gasteiger partial charge in [-0.15, -0.1) is 0 Å². The molecule has 17 heteroatoms. The van der Waals surface area contributed by atoms with Crippen LogP contribution in [0, 0.1) is 11.6 Å². The Morgan fingerprint density at radius 3 is 2.48 bits per heavy atom. The van der Waals surface area contributed by atoms with E-state index in [1.807, 2.05) is 41.1 Å². The number of amides is 2. The van der Waals surface area contributed by atoms with Crippen LogP contribution < -0.4 is 14.9 Å². The van der Waals surface area contributed by atoms with E-state index < -0.39 is 51.1 Å². The number of allylic oxidation sites excluding steroid dienone is 1. The van der Waals surface area contributed by atoms with Gasteiger partial charge in [-0.1, -0.05) is 30.8 Å². The topological polar surface area (TPSA) is 151 Å². The molecule has 3 saturated heterocycles. The fourth-order valence-electron chi connectivity index (χ4n) is 8.68. The molecule has 3 fully saturated rings. The Morgan fingerprint density at radius 2 is 1.74 bits per heavy atom. The SMILES string of the molecule is C=C1CCC(N2Cc3cc(CCN4CCN(c5ccc(-c6cnc7[nH]cc(C(=O)c8c(F)ccc(NS(=O)(=O)N9CC[C@@H](F)C9)c8F)c7c6)cc5)CC4)ccc3C2=O)C(=O)N1. The van der Waals surface area contributed by atoms with E-state index in [0.717, 1.165) is 78.0 Å². The average molecular weight is 853 g/mol. The zero-order valence-corrected chi connectivity index (χ0v) is 33.9. The van der Waals surface area contributed by atoms with E-state index in [0.29, 0.717) is 47.2 Å². The number of alkyl halides is 1. The van der Waals surface area contributed by atoms with Gasteiger partial charge in [0.25, 0.3) is 5.91 Å². The van der Waals surface area contributed by atoms with Gasteiger partial charge < -0.3 is 20.1 Å². The van der Waals surface area contributed by atoms with Crippen molar-refractivity contribution in [1.29, 1.82) is 0 Å². The molecule has 6 heterocycles. The third kappa shape index (κ3) is 7.88. The first-order valence-corrected chi connectivity index (χ1v) is 21.7.